The molecule has 3 heterocycles. The van der Waals surface area contributed by atoms with Crippen molar-refractivity contribution < 1.29 is 14.7 Å². The Labute approximate surface area is 213 Å². The number of carbonyl (C=O) groups is 2. The Kier molecular flexibility index (Phi) is 7.07. The lowest BCUT2D eigenvalue weighted by molar-refractivity contribution is -0.117. The van der Waals surface area contributed by atoms with Gasteiger partial charge in [-0.1, -0.05) is 42.5 Å². The number of fused-ring (bicyclic) bond motifs is 1. The molecule has 9 heteroatoms. The SMILES string of the molecule is O=C(CN1CCN(Cc2c(C(=O)O)c3ccccc3c(=O)n2-c2ccccc2)CC1)Nc1ccccn1. The van der Waals surface area contributed by atoms with Gasteiger partial charge < -0.3 is 10.4 Å². The average Bonchev–Trinajstić information content (AvgIpc) is 2.91. The minimum atomic E-state index is -1.07. The van der Waals surface area contributed by atoms with Crippen molar-refractivity contribution in [2.75, 3.05) is 38.0 Å². The number of anilines is 1. The van der Waals surface area contributed by atoms with E-state index >= 15 is 0 Å². The number of aromatic carboxylic acids is 1. The summed E-state index contributed by atoms with van der Waals surface area (Å²) in [7, 11) is 0. The number of hydrogen-bond acceptors (Lipinski definition) is 6. The van der Waals surface area contributed by atoms with Gasteiger partial charge in [0.25, 0.3) is 5.56 Å². The average molecular weight is 498 g/mol. The van der Waals surface area contributed by atoms with E-state index in [-0.39, 0.29) is 23.6 Å². The van der Waals surface area contributed by atoms with Crippen LogP contribution in [0.1, 0.15) is 16.1 Å². The maximum absolute atomic E-state index is 13.6. The van der Waals surface area contributed by atoms with Gasteiger partial charge in [0, 0.05) is 55.4 Å². The quantitative estimate of drug-likeness (QED) is 0.404. The number of nitrogens with zero attached hydrogens (tertiary/aromatic N) is 4. The molecule has 0 radical (unpaired) electrons. The molecule has 4 aromatic rings. The number of pyridine rings is 2. The molecule has 0 atom stereocenters. The summed E-state index contributed by atoms with van der Waals surface area (Å²) < 4.78 is 1.53. The van der Waals surface area contributed by atoms with Crippen LogP contribution in [-0.2, 0) is 11.3 Å². The number of carbonyl (C=O) groups excluding carboxylic acids is 1. The fourth-order valence-corrected chi connectivity index (χ4v) is 4.78. The van der Waals surface area contributed by atoms with E-state index < -0.39 is 5.97 Å². The second kappa shape index (κ2) is 10.7. The third-order valence-corrected chi connectivity index (χ3v) is 6.55. The molecule has 0 unspecified atom stereocenters. The lowest BCUT2D eigenvalue weighted by Crippen LogP contribution is -2.48. The molecule has 1 aliphatic rings. The van der Waals surface area contributed by atoms with Gasteiger partial charge in [-0.3, -0.25) is 24.0 Å². The summed E-state index contributed by atoms with van der Waals surface area (Å²) in [5.74, 6) is -0.684. The Hall–Kier alpha value is -4.34. The molecule has 1 saturated heterocycles. The fourth-order valence-electron chi connectivity index (χ4n) is 4.78. The molecule has 0 spiro atoms. The van der Waals surface area contributed by atoms with E-state index in [0.29, 0.717) is 60.7 Å². The molecular formula is C28H27N5O4. The van der Waals surface area contributed by atoms with E-state index in [1.165, 1.54) is 4.57 Å². The van der Waals surface area contributed by atoms with Crippen molar-refractivity contribution in [3.05, 3.63) is 101 Å². The number of carboxylic acids is 1. The minimum Gasteiger partial charge on any atom is -0.478 e. The number of hydrogen-bond donors (Lipinski definition) is 2. The van der Waals surface area contributed by atoms with E-state index in [2.05, 4.69) is 20.1 Å². The van der Waals surface area contributed by atoms with Crippen molar-refractivity contribution in [2.24, 2.45) is 0 Å². The zero-order chi connectivity index (χ0) is 25.8. The van der Waals surface area contributed by atoms with Crippen molar-refractivity contribution in [1.29, 1.82) is 0 Å². The minimum absolute atomic E-state index is 0.132. The Morgan fingerprint density at radius 1 is 0.838 bits per heavy atom. The number of piperazine rings is 1. The highest BCUT2D eigenvalue weighted by molar-refractivity contribution is 6.04. The topological polar surface area (TPSA) is 108 Å². The molecule has 1 fully saturated rings. The highest BCUT2D eigenvalue weighted by atomic mass is 16.4. The number of nitrogens with one attached hydrogen (secondary N) is 1. The second-order valence-corrected chi connectivity index (χ2v) is 8.96. The van der Waals surface area contributed by atoms with E-state index in [1.807, 2.05) is 36.4 Å². The maximum Gasteiger partial charge on any atom is 0.338 e. The molecule has 5 rings (SSSR count). The largest absolute Gasteiger partial charge is 0.478 e. The first kappa shape index (κ1) is 24.4. The summed E-state index contributed by atoms with van der Waals surface area (Å²) in [5.41, 5.74) is 0.965. The van der Waals surface area contributed by atoms with Gasteiger partial charge in [-0.2, -0.15) is 0 Å². The van der Waals surface area contributed by atoms with Gasteiger partial charge in [-0.05, 0) is 30.3 Å². The molecular weight excluding hydrogens is 470 g/mol. The Bertz CT molecular complexity index is 1480. The van der Waals surface area contributed by atoms with Crippen molar-refractivity contribution in [2.45, 2.75) is 6.54 Å². The molecule has 9 nitrogen and oxygen atoms in total. The van der Waals surface area contributed by atoms with Crippen LogP contribution in [-0.4, -0.2) is 69.1 Å². The van der Waals surface area contributed by atoms with E-state index in [1.54, 1.807) is 42.6 Å². The number of aromatic nitrogens is 2. The van der Waals surface area contributed by atoms with Crippen molar-refractivity contribution >= 4 is 28.5 Å². The lowest BCUT2D eigenvalue weighted by atomic mass is 10.0. The highest BCUT2D eigenvalue weighted by Crippen LogP contribution is 2.24. The van der Waals surface area contributed by atoms with Crippen LogP contribution >= 0.6 is 0 Å². The second-order valence-electron chi connectivity index (χ2n) is 8.96. The number of para-hydroxylation sites is 1. The van der Waals surface area contributed by atoms with Crippen LogP contribution in [0.4, 0.5) is 5.82 Å². The van der Waals surface area contributed by atoms with E-state index in [4.69, 9.17) is 0 Å². The van der Waals surface area contributed by atoms with Gasteiger partial charge in [0.15, 0.2) is 0 Å². The van der Waals surface area contributed by atoms with Gasteiger partial charge >= 0.3 is 5.97 Å². The summed E-state index contributed by atoms with van der Waals surface area (Å²) in [5, 5.41) is 13.8. The van der Waals surface area contributed by atoms with E-state index in [0.717, 1.165) is 0 Å². The number of rotatable bonds is 7. The molecule has 2 N–H and O–H groups in total. The summed E-state index contributed by atoms with van der Waals surface area (Å²) in [6.45, 7) is 3.08. The highest BCUT2D eigenvalue weighted by Gasteiger charge is 2.26. The summed E-state index contributed by atoms with van der Waals surface area (Å²) in [6, 6.07) is 21.3. The predicted molar refractivity (Wildman–Crippen MR) is 141 cm³/mol. The van der Waals surface area contributed by atoms with Crippen LogP contribution in [0.25, 0.3) is 16.5 Å². The number of amides is 1. The molecule has 1 aliphatic heterocycles. The molecule has 0 aliphatic carbocycles. The van der Waals surface area contributed by atoms with E-state index in [9.17, 15) is 19.5 Å². The number of benzene rings is 2. The number of carboxylic acid groups (broad SMARTS) is 1. The van der Waals surface area contributed by atoms with Crippen molar-refractivity contribution in [3.63, 3.8) is 0 Å². The van der Waals surface area contributed by atoms with Crippen molar-refractivity contribution in [3.8, 4) is 5.69 Å². The first-order valence-electron chi connectivity index (χ1n) is 12.1. The summed E-state index contributed by atoms with van der Waals surface area (Å²) in [4.78, 5) is 46.8. The molecule has 188 valence electrons. The van der Waals surface area contributed by atoms with Gasteiger partial charge in [-0.25, -0.2) is 9.78 Å². The Morgan fingerprint density at radius 3 is 2.16 bits per heavy atom. The monoisotopic (exact) mass is 497 g/mol. The van der Waals surface area contributed by atoms with Crippen molar-refractivity contribution in [1.82, 2.24) is 19.4 Å². The molecule has 1 amide bonds. The summed E-state index contributed by atoms with van der Waals surface area (Å²) >= 11 is 0. The fraction of sp³-hybridized carbons (Fsp3) is 0.214. The smallest absolute Gasteiger partial charge is 0.338 e. The standard InChI is InChI=1S/C28H27N5O4/c34-25(30-24-12-6-7-13-29-24)19-32-16-14-31(15-17-32)18-23-26(28(36)37)21-10-4-5-11-22(21)27(35)33(23)20-8-2-1-3-9-20/h1-13H,14-19H2,(H,36,37)(H,29,30,34). The van der Waals surface area contributed by atoms with Crippen LogP contribution in [0.3, 0.4) is 0 Å². The maximum atomic E-state index is 13.6. The summed E-state index contributed by atoms with van der Waals surface area (Å²) in [6.07, 6.45) is 1.63. The zero-order valence-electron chi connectivity index (χ0n) is 20.2. The normalized spacial score (nSPS) is 14.5. The molecule has 0 saturated carbocycles. The zero-order valence-corrected chi connectivity index (χ0v) is 20.2. The first-order chi connectivity index (χ1) is 18.0. The molecule has 37 heavy (non-hydrogen) atoms. The van der Waals surface area contributed by atoms with Crippen LogP contribution in [0, 0.1) is 0 Å². The van der Waals surface area contributed by atoms with Gasteiger partial charge in [-0.15, -0.1) is 0 Å². The lowest BCUT2D eigenvalue weighted by Gasteiger charge is -2.35. The molecule has 2 aromatic heterocycles. The third kappa shape index (κ3) is 5.28. The van der Waals surface area contributed by atoms with Gasteiger partial charge in [0.05, 0.1) is 17.8 Å². The third-order valence-electron chi connectivity index (χ3n) is 6.55. The van der Waals surface area contributed by atoms with Crippen LogP contribution in [0.15, 0.2) is 83.8 Å². The Balaban J connectivity index is 1.39. The van der Waals surface area contributed by atoms with Crippen LogP contribution in [0.2, 0.25) is 0 Å². The van der Waals surface area contributed by atoms with Gasteiger partial charge in [0.1, 0.15) is 5.82 Å². The predicted octanol–water partition coefficient (Wildman–Crippen LogP) is 2.84. The molecule has 0 bridgehead atoms. The molecule has 2 aromatic carbocycles. The van der Waals surface area contributed by atoms with Crippen LogP contribution in [0.5, 0.6) is 0 Å². The Morgan fingerprint density at radius 2 is 1.49 bits per heavy atom. The van der Waals surface area contributed by atoms with Gasteiger partial charge in [0.2, 0.25) is 5.91 Å². The first-order valence-corrected chi connectivity index (χ1v) is 12.1. The van der Waals surface area contributed by atoms with Crippen LogP contribution < -0.4 is 10.9 Å².